The zero-order chi connectivity index (χ0) is 18.7. The summed E-state index contributed by atoms with van der Waals surface area (Å²) in [6, 6.07) is 2.09. The normalized spacial score (nSPS) is 21.5. The standard InChI is InChI=1S/C19H30N4O3/c1-14-9-15(2)23(21-14)13-19(6-7-19)12-20-18(25)16-5-4-8-22(10-16)17(24)11-26-3/h9,16H,4-8,10-13H2,1-3H3,(H,20,25)/t16-/m1/s1. The van der Waals surface area contributed by atoms with Gasteiger partial charge < -0.3 is 15.0 Å². The molecule has 0 aromatic carbocycles. The van der Waals surface area contributed by atoms with E-state index in [1.54, 1.807) is 4.90 Å². The van der Waals surface area contributed by atoms with Gasteiger partial charge in [0.2, 0.25) is 11.8 Å². The van der Waals surface area contributed by atoms with Crippen molar-refractivity contribution in [3.63, 3.8) is 0 Å². The first kappa shape index (κ1) is 18.9. The highest BCUT2D eigenvalue weighted by molar-refractivity contribution is 5.81. The third-order valence-electron chi connectivity index (χ3n) is 5.60. The van der Waals surface area contributed by atoms with Crippen molar-refractivity contribution in [2.24, 2.45) is 11.3 Å². The van der Waals surface area contributed by atoms with Crippen LogP contribution in [0.2, 0.25) is 0 Å². The maximum Gasteiger partial charge on any atom is 0.248 e. The summed E-state index contributed by atoms with van der Waals surface area (Å²) in [6.45, 7) is 6.92. The number of hydrogen-bond donors (Lipinski definition) is 1. The van der Waals surface area contributed by atoms with Crippen molar-refractivity contribution in [3.8, 4) is 0 Å². The van der Waals surface area contributed by atoms with Crippen LogP contribution in [-0.2, 0) is 20.9 Å². The summed E-state index contributed by atoms with van der Waals surface area (Å²) in [5, 5.41) is 7.69. The molecule has 0 radical (unpaired) electrons. The first-order valence-corrected chi connectivity index (χ1v) is 9.48. The number of carbonyl (C=O) groups excluding carboxylic acids is 2. The Balaban J connectivity index is 1.50. The third-order valence-corrected chi connectivity index (χ3v) is 5.60. The number of aromatic nitrogens is 2. The highest BCUT2D eigenvalue weighted by atomic mass is 16.5. The number of nitrogens with zero attached hydrogens (tertiary/aromatic N) is 3. The van der Waals surface area contributed by atoms with E-state index < -0.39 is 0 Å². The predicted molar refractivity (Wildman–Crippen MR) is 97.6 cm³/mol. The molecule has 1 aromatic rings. The molecule has 2 aliphatic rings. The highest BCUT2D eigenvalue weighted by Gasteiger charge is 2.44. The van der Waals surface area contributed by atoms with Gasteiger partial charge in [-0.25, -0.2) is 0 Å². The summed E-state index contributed by atoms with van der Waals surface area (Å²) in [6.07, 6.45) is 3.95. The molecule has 1 aliphatic carbocycles. The summed E-state index contributed by atoms with van der Waals surface area (Å²) < 4.78 is 6.98. The summed E-state index contributed by atoms with van der Waals surface area (Å²) >= 11 is 0. The molecule has 3 rings (SSSR count). The van der Waals surface area contributed by atoms with Crippen LogP contribution in [0.15, 0.2) is 6.07 Å². The Morgan fingerprint density at radius 2 is 2.15 bits per heavy atom. The topological polar surface area (TPSA) is 76.5 Å². The molecule has 7 heteroatoms. The zero-order valence-corrected chi connectivity index (χ0v) is 16.1. The smallest absolute Gasteiger partial charge is 0.248 e. The molecule has 0 unspecified atom stereocenters. The molecule has 1 saturated heterocycles. The average Bonchev–Trinajstić information content (AvgIpc) is 3.31. The van der Waals surface area contributed by atoms with Gasteiger partial charge >= 0.3 is 0 Å². The van der Waals surface area contributed by atoms with Crippen molar-refractivity contribution >= 4 is 11.8 Å². The monoisotopic (exact) mass is 362 g/mol. The number of rotatable bonds is 7. The molecule has 0 spiro atoms. The summed E-state index contributed by atoms with van der Waals surface area (Å²) in [7, 11) is 1.52. The van der Waals surface area contributed by atoms with Crippen molar-refractivity contribution in [1.82, 2.24) is 20.0 Å². The number of nitrogens with one attached hydrogen (secondary N) is 1. The fourth-order valence-electron chi connectivity index (χ4n) is 3.77. The van der Waals surface area contributed by atoms with E-state index in [1.807, 2.05) is 6.92 Å². The van der Waals surface area contributed by atoms with Crippen LogP contribution in [0.5, 0.6) is 0 Å². The van der Waals surface area contributed by atoms with Crippen LogP contribution in [0.4, 0.5) is 0 Å². The minimum atomic E-state index is -0.117. The van der Waals surface area contributed by atoms with E-state index in [-0.39, 0.29) is 29.8 Å². The number of ether oxygens (including phenoxy) is 1. The summed E-state index contributed by atoms with van der Waals surface area (Å²) in [5.74, 6) is -0.0817. The molecule has 0 bridgehead atoms. The number of piperidine rings is 1. The lowest BCUT2D eigenvalue weighted by Gasteiger charge is -2.32. The highest BCUT2D eigenvalue weighted by Crippen LogP contribution is 2.46. The van der Waals surface area contributed by atoms with E-state index in [0.29, 0.717) is 19.6 Å². The average molecular weight is 362 g/mol. The van der Waals surface area contributed by atoms with Gasteiger partial charge in [-0.15, -0.1) is 0 Å². The van der Waals surface area contributed by atoms with Crippen LogP contribution < -0.4 is 5.32 Å². The zero-order valence-electron chi connectivity index (χ0n) is 16.1. The molecular formula is C19H30N4O3. The molecule has 7 nitrogen and oxygen atoms in total. The number of carbonyl (C=O) groups is 2. The van der Waals surface area contributed by atoms with Crippen LogP contribution >= 0.6 is 0 Å². The van der Waals surface area contributed by atoms with Gasteiger partial charge in [-0.2, -0.15) is 5.10 Å². The predicted octanol–water partition coefficient (Wildman–Crippen LogP) is 1.28. The Morgan fingerprint density at radius 3 is 2.77 bits per heavy atom. The molecule has 26 heavy (non-hydrogen) atoms. The van der Waals surface area contributed by atoms with E-state index in [0.717, 1.165) is 37.9 Å². The SMILES string of the molecule is COCC(=O)N1CCC[C@@H](C(=O)NCC2(Cn3nc(C)cc3C)CC2)C1. The third kappa shape index (κ3) is 4.44. The summed E-state index contributed by atoms with van der Waals surface area (Å²) in [5.41, 5.74) is 2.34. The molecule has 1 aromatic heterocycles. The molecule has 1 saturated carbocycles. The minimum absolute atomic E-state index is 0.0341. The van der Waals surface area contributed by atoms with Crippen molar-refractivity contribution in [1.29, 1.82) is 0 Å². The van der Waals surface area contributed by atoms with Gasteiger partial charge in [-0.05, 0) is 45.6 Å². The molecule has 2 heterocycles. The second-order valence-electron chi connectivity index (χ2n) is 7.91. The van der Waals surface area contributed by atoms with Crippen LogP contribution in [0.3, 0.4) is 0 Å². The minimum Gasteiger partial charge on any atom is -0.375 e. The van der Waals surface area contributed by atoms with E-state index in [1.165, 1.54) is 12.8 Å². The van der Waals surface area contributed by atoms with Gasteiger partial charge in [-0.3, -0.25) is 14.3 Å². The maximum atomic E-state index is 12.6. The van der Waals surface area contributed by atoms with Crippen molar-refractivity contribution < 1.29 is 14.3 Å². The van der Waals surface area contributed by atoms with Crippen LogP contribution in [0.25, 0.3) is 0 Å². The Bertz CT molecular complexity index is 666. The van der Waals surface area contributed by atoms with Gasteiger partial charge in [0.1, 0.15) is 6.61 Å². The van der Waals surface area contributed by atoms with Crippen LogP contribution in [0, 0.1) is 25.2 Å². The van der Waals surface area contributed by atoms with Crippen LogP contribution in [-0.4, -0.2) is 59.8 Å². The lowest BCUT2D eigenvalue weighted by molar-refractivity contribution is -0.139. The van der Waals surface area contributed by atoms with Gasteiger partial charge in [0.15, 0.2) is 0 Å². The molecule has 2 fully saturated rings. The first-order valence-electron chi connectivity index (χ1n) is 9.48. The molecule has 1 aliphatic heterocycles. The number of amides is 2. The fourth-order valence-corrected chi connectivity index (χ4v) is 3.77. The fraction of sp³-hybridized carbons (Fsp3) is 0.737. The van der Waals surface area contributed by atoms with Gasteiger partial charge in [0.05, 0.1) is 11.6 Å². The second kappa shape index (κ2) is 7.78. The van der Waals surface area contributed by atoms with E-state index in [2.05, 4.69) is 28.1 Å². The first-order chi connectivity index (χ1) is 12.4. The van der Waals surface area contributed by atoms with Gasteiger partial charge in [-0.1, -0.05) is 0 Å². The largest absolute Gasteiger partial charge is 0.375 e. The Kier molecular flexibility index (Phi) is 5.65. The van der Waals surface area contributed by atoms with E-state index in [9.17, 15) is 9.59 Å². The Labute approximate surface area is 155 Å². The molecule has 2 amide bonds. The number of likely N-dealkylation sites (tertiary alicyclic amines) is 1. The number of hydrogen-bond acceptors (Lipinski definition) is 4. The van der Waals surface area contributed by atoms with Gasteiger partial charge in [0.25, 0.3) is 0 Å². The number of aryl methyl sites for hydroxylation is 2. The summed E-state index contributed by atoms with van der Waals surface area (Å²) in [4.78, 5) is 26.4. The molecule has 144 valence electrons. The van der Waals surface area contributed by atoms with E-state index in [4.69, 9.17) is 4.74 Å². The maximum absolute atomic E-state index is 12.6. The van der Waals surface area contributed by atoms with E-state index >= 15 is 0 Å². The van der Waals surface area contributed by atoms with Gasteiger partial charge in [0, 0.05) is 44.4 Å². The Morgan fingerprint density at radius 1 is 1.38 bits per heavy atom. The lowest BCUT2D eigenvalue weighted by Crippen LogP contribution is -2.47. The second-order valence-corrected chi connectivity index (χ2v) is 7.91. The molecule has 1 N–H and O–H groups in total. The van der Waals surface area contributed by atoms with Crippen molar-refractivity contribution in [2.45, 2.75) is 46.1 Å². The molecular weight excluding hydrogens is 332 g/mol. The van der Waals surface area contributed by atoms with Crippen molar-refractivity contribution in [2.75, 3.05) is 33.4 Å². The Hall–Kier alpha value is -1.89. The quantitative estimate of drug-likeness (QED) is 0.793. The lowest BCUT2D eigenvalue weighted by atomic mass is 9.96. The molecule has 1 atom stereocenters. The number of methoxy groups -OCH3 is 1. The van der Waals surface area contributed by atoms with Crippen molar-refractivity contribution in [3.05, 3.63) is 17.5 Å². The van der Waals surface area contributed by atoms with Crippen LogP contribution in [0.1, 0.15) is 37.1 Å².